The molecule has 0 aromatic heterocycles. The van der Waals surface area contributed by atoms with Gasteiger partial charge in [0.05, 0.1) is 0 Å². The number of carbonyl (C=O) groups excluding carboxylic acids is 1. The van der Waals surface area contributed by atoms with Crippen LogP contribution in [0.2, 0.25) is 0 Å². The molecule has 1 saturated heterocycles. The van der Waals surface area contributed by atoms with E-state index in [4.69, 9.17) is 10.5 Å². The number of nitrogens with zero attached hydrogens (tertiary/aromatic N) is 1. The second kappa shape index (κ2) is 4.48. The Morgan fingerprint density at radius 1 is 1.35 bits per heavy atom. The van der Waals surface area contributed by atoms with E-state index in [2.05, 4.69) is 0 Å². The van der Waals surface area contributed by atoms with E-state index in [-0.39, 0.29) is 6.09 Å². The predicted molar refractivity (Wildman–Crippen MR) is 66.6 cm³/mol. The van der Waals surface area contributed by atoms with Crippen LogP contribution >= 0.6 is 0 Å². The van der Waals surface area contributed by atoms with E-state index in [1.54, 1.807) is 0 Å². The van der Waals surface area contributed by atoms with Gasteiger partial charge in [-0.1, -0.05) is 0 Å². The summed E-state index contributed by atoms with van der Waals surface area (Å²) in [5, 5.41) is 0. The maximum atomic E-state index is 12.0. The van der Waals surface area contributed by atoms with Crippen molar-refractivity contribution in [2.24, 2.45) is 23.5 Å². The molecule has 0 bridgehead atoms. The lowest BCUT2D eigenvalue weighted by atomic mass is 9.92. The average molecular weight is 240 g/mol. The number of amides is 1. The summed E-state index contributed by atoms with van der Waals surface area (Å²) in [6.07, 6.45) is 2.44. The van der Waals surface area contributed by atoms with Gasteiger partial charge in [0.2, 0.25) is 0 Å². The molecular weight excluding hydrogens is 216 g/mol. The third-order valence-corrected chi connectivity index (χ3v) is 3.67. The van der Waals surface area contributed by atoms with E-state index >= 15 is 0 Å². The molecule has 2 N–H and O–H groups in total. The third-order valence-electron chi connectivity index (χ3n) is 3.67. The molecule has 1 saturated carbocycles. The van der Waals surface area contributed by atoms with E-state index < -0.39 is 5.60 Å². The van der Waals surface area contributed by atoms with Crippen LogP contribution in [-0.4, -0.2) is 36.2 Å². The topological polar surface area (TPSA) is 55.6 Å². The molecule has 1 aliphatic carbocycles. The molecular formula is C13H24N2O2. The molecule has 1 aliphatic heterocycles. The van der Waals surface area contributed by atoms with Crippen LogP contribution in [0.25, 0.3) is 0 Å². The Hall–Kier alpha value is -0.770. The van der Waals surface area contributed by atoms with Crippen molar-refractivity contribution >= 4 is 6.09 Å². The van der Waals surface area contributed by atoms with Crippen molar-refractivity contribution in [3.8, 4) is 0 Å². The molecule has 2 atom stereocenters. The van der Waals surface area contributed by atoms with E-state index in [0.29, 0.717) is 18.4 Å². The van der Waals surface area contributed by atoms with Crippen molar-refractivity contribution in [2.45, 2.75) is 39.2 Å². The molecule has 4 nitrogen and oxygen atoms in total. The average Bonchev–Trinajstić information content (AvgIpc) is 2.95. The molecule has 4 heteroatoms. The van der Waals surface area contributed by atoms with Crippen molar-refractivity contribution in [2.75, 3.05) is 19.6 Å². The minimum atomic E-state index is -0.410. The first-order valence-electron chi connectivity index (χ1n) is 6.58. The summed E-state index contributed by atoms with van der Waals surface area (Å²) in [6.45, 7) is 7.99. The Kier molecular flexibility index (Phi) is 3.34. The van der Waals surface area contributed by atoms with Gasteiger partial charge in [-0.05, 0) is 57.9 Å². The normalized spacial score (nSPS) is 29.5. The minimum Gasteiger partial charge on any atom is -0.444 e. The van der Waals surface area contributed by atoms with Gasteiger partial charge in [-0.25, -0.2) is 4.79 Å². The molecule has 0 aromatic rings. The highest BCUT2D eigenvalue weighted by molar-refractivity contribution is 5.68. The smallest absolute Gasteiger partial charge is 0.410 e. The van der Waals surface area contributed by atoms with Crippen LogP contribution in [-0.2, 0) is 4.74 Å². The zero-order valence-corrected chi connectivity index (χ0v) is 11.1. The fraction of sp³-hybridized carbons (Fsp3) is 0.923. The molecule has 0 radical (unpaired) electrons. The van der Waals surface area contributed by atoms with Gasteiger partial charge in [0.25, 0.3) is 0 Å². The van der Waals surface area contributed by atoms with E-state index in [1.807, 2.05) is 25.7 Å². The number of hydrogen-bond donors (Lipinski definition) is 1. The second-order valence-corrected chi connectivity index (χ2v) is 6.38. The van der Waals surface area contributed by atoms with Crippen LogP contribution in [0.4, 0.5) is 4.79 Å². The first-order valence-corrected chi connectivity index (χ1v) is 6.58. The monoisotopic (exact) mass is 240 g/mol. The van der Waals surface area contributed by atoms with Crippen LogP contribution in [0.5, 0.6) is 0 Å². The van der Waals surface area contributed by atoms with Crippen molar-refractivity contribution in [3.63, 3.8) is 0 Å². The summed E-state index contributed by atoms with van der Waals surface area (Å²) in [4.78, 5) is 13.8. The first-order chi connectivity index (χ1) is 7.90. The highest BCUT2D eigenvalue weighted by Gasteiger charge is 2.43. The van der Waals surface area contributed by atoms with E-state index in [0.717, 1.165) is 19.0 Å². The fourth-order valence-corrected chi connectivity index (χ4v) is 2.68. The maximum absolute atomic E-state index is 12.0. The second-order valence-electron chi connectivity index (χ2n) is 6.38. The van der Waals surface area contributed by atoms with Crippen LogP contribution in [0, 0.1) is 17.8 Å². The Labute approximate surface area is 103 Å². The van der Waals surface area contributed by atoms with Crippen molar-refractivity contribution in [1.29, 1.82) is 0 Å². The fourth-order valence-electron chi connectivity index (χ4n) is 2.68. The highest BCUT2D eigenvalue weighted by atomic mass is 16.6. The zero-order valence-electron chi connectivity index (χ0n) is 11.1. The van der Waals surface area contributed by atoms with Crippen molar-refractivity contribution < 1.29 is 9.53 Å². The van der Waals surface area contributed by atoms with Gasteiger partial charge in [-0.2, -0.15) is 0 Å². The lowest BCUT2D eigenvalue weighted by molar-refractivity contribution is 0.0283. The number of likely N-dealkylation sites (tertiary alicyclic amines) is 1. The van der Waals surface area contributed by atoms with Gasteiger partial charge in [-0.3, -0.25) is 0 Å². The predicted octanol–water partition coefficient (Wildman–Crippen LogP) is 1.84. The number of nitrogens with two attached hydrogens (primary N) is 1. The highest BCUT2D eigenvalue weighted by Crippen LogP contribution is 2.43. The molecule has 2 rings (SSSR count). The van der Waals surface area contributed by atoms with Gasteiger partial charge >= 0.3 is 6.09 Å². The lowest BCUT2D eigenvalue weighted by Crippen LogP contribution is -2.35. The van der Waals surface area contributed by atoms with Crippen molar-refractivity contribution in [3.05, 3.63) is 0 Å². The molecule has 1 heterocycles. The third kappa shape index (κ3) is 3.12. The molecule has 98 valence electrons. The van der Waals surface area contributed by atoms with Crippen LogP contribution < -0.4 is 5.73 Å². The zero-order chi connectivity index (χ0) is 12.6. The Morgan fingerprint density at radius 2 is 2.00 bits per heavy atom. The van der Waals surface area contributed by atoms with Crippen LogP contribution in [0.3, 0.4) is 0 Å². The van der Waals surface area contributed by atoms with Crippen LogP contribution in [0.15, 0.2) is 0 Å². The summed E-state index contributed by atoms with van der Waals surface area (Å²) in [5.74, 6) is 1.87. The summed E-state index contributed by atoms with van der Waals surface area (Å²) in [7, 11) is 0. The van der Waals surface area contributed by atoms with Gasteiger partial charge in [-0.15, -0.1) is 0 Å². The lowest BCUT2D eigenvalue weighted by Gasteiger charge is -2.24. The molecule has 17 heavy (non-hydrogen) atoms. The van der Waals surface area contributed by atoms with Gasteiger partial charge in [0, 0.05) is 13.1 Å². The quantitative estimate of drug-likeness (QED) is 0.801. The first kappa shape index (κ1) is 12.7. The Balaban J connectivity index is 1.92. The van der Waals surface area contributed by atoms with Gasteiger partial charge in [0.1, 0.15) is 5.60 Å². The minimum absolute atomic E-state index is 0.181. The Bertz CT molecular complexity index is 294. The molecule has 1 amide bonds. The molecule has 2 fully saturated rings. The Morgan fingerprint density at radius 3 is 2.47 bits per heavy atom. The number of ether oxygens (including phenoxy) is 1. The summed E-state index contributed by atoms with van der Waals surface area (Å²) >= 11 is 0. The summed E-state index contributed by atoms with van der Waals surface area (Å²) in [5.41, 5.74) is 5.39. The molecule has 0 aromatic carbocycles. The number of rotatable bonds is 2. The van der Waals surface area contributed by atoms with E-state index in [9.17, 15) is 4.79 Å². The SMILES string of the molecule is CC(C)(C)OC(=O)N1C[C@@H](CN)[C@H](C2CC2)C1. The largest absolute Gasteiger partial charge is 0.444 e. The van der Waals surface area contributed by atoms with Crippen LogP contribution in [0.1, 0.15) is 33.6 Å². The van der Waals surface area contributed by atoms with Gasteiger partial charge in [0.15, 0.2) is 0 Å². The van der Waals surface area contributed by atoms with Crippen molar-refractivity contribution in [1.82, 2.24) is 4.90 Å². The summed E-state index contributed by atoms with van der Waals surface area (Å²) < 4.78 is 5.41. The van der Waals surface area contributed by atoms with E-state index in [1.165, 1.54) is 12.8 Å². The number of carbonyl (C=O) groups is 1. The standard InChI is InChI=1S/C13H24N2O2/c1-13(2,3)17-12(16)15-7-10(6-14)11(8-15)9-4-5-9/h9-11H,4-8,14H2,1-3H3/t10-,11+/m1/s1. The molecule has 2 aliphatic rings. The maximum Gasteiger partial charge on any atom is 0.410 e. The molecule has 0 spiro atoms. The van der Waals surface area contributed by atoms with Gasteiger partial charge < -0.3 is 15.4 Å². The summed E-state index contributed by atoms with van der Waals surface area (Å²) in [6, 6.07) is 0. The number of hydrogen-bond acceptors (Lipinski definition) is 3. The molecule has 0 unspecified atom stereocenters.